The topological polar surface area (TPSA) is 62.3 Å². The maximum absolute atomic E-state index is 13.3. The van der Waals surface area contributed by atoms with Crippen LogP contribution in [0.3, 0.4) is 0 Å². The van der Waals surface area contributed by atoms with Gasteiger partial charge in [-0.25, -0.2) is 0 Å². The lowest BCUT2D eigenvalue weighted by Gasteiger charge is -2.24. The Kier molecular flexibility index (Phi) is 4.30. The predicted octanol–water partition coefficient (Wildman–Crippen LogP) is 2.25. The molecular formula is C22H23N3O4. The van der Waals surface area contributed by atoms with E-state index in [0.717, 1.165) is 23.5 Å². The van der Waals surface area contributed by atoms with Crippen molar-refractivity contribution in [2.75, 3.05) is 43.3 Å². The first-order valence-electron chi connectivity index (χ1n) is 9.88. The van der Waals surface area contributed by atoms with Crippen LogP contribution in [0.2, 0.25) is 0 Å². The Morgan fingerprint density at radius 1 is 1.07 bits per heavy atom. The summed E-state index contributed by atoms with van der Waals surface area (Å²) in [5, 5.41) is 0. The number of ether oxygens (including phenoxy) is 2. The number of amides is 2. The number of likely N-dealkylation sites (N-methyl/N-ethyl adjacent to an activating group) is 1. The van der Waals surface area contributed by atoms with Crippen molar-refractivity contribution in [2.45, 2.75) is 13.0 Å². The third-order valence-corrected chi connectivity index (χ3v) is 5.92. The summed E-state index contributed by atoms with van der Waals surface area (Å²) in [5.74, 6) is 1.00. The first-order valence-corrected chi connectivity index (χ1v) is 9.88. The number of carbonyl (C=O) groups is 2. The van der Waals surface area contributed by atoms with Gasteiger partial charge in [-0.1, -0.05) is 18.2 Å². The second-order valence-electron chi connectivity index (χ2n) is 7.75. The Hall–Kier alpha value is -3.22. The Bertz CT molecular complexity index is 976. The molecule has 7 nitrogen and oxygen atoms in total. The van der Waals surface area contributed by atoms with Gasteiger partial charge in [-0.15, -0.1) is 0 Å². The zero-order chi connectivity index (χ0) is 20.0. The smallest absolute Gasteiger partial charge is 0.231 e. The Labute approximate surface area is 169 Å². The zero-order valence-corrected chi connectivity index (χ0v) is 16.3. The van der Waals surface area contributed by atoms with E-state index in [1.165, 1.54) is 0 Å². The molecule has 1 unspecified atom stereocenters. The standard InChI is InChI=1S/C22H23N3O4/c1-23-8-9-24(12-15-4-2-3-5-18(15)23)22(27)16-10-21(26)25(13-16)17-6-7-19-20(11-17)29-14-28-19/h2-7,11,16H,8-10,12-14H2,1H3. The van der Waals surface area contributed by atoms with Gasteiger partial charge in [0.2, 0.25) is 18.6 Å². The van der Waals surface area contributed by atoms with E-state index in [-0.39, 0.29) is 30.9 Å². The Balaban J connectivity index is 1.33. The number of fused-ring (bicyclic) bond motifs is 2. The van der Waals surface area contributed by atoms with E-state index in [2.05, 4.69) is 17.0 Å². The summed E-state index contributed by atoms with van der Waals surface area (Å²) in [7, 11) is 2.05. The molecule has 3 heterocycles. The molecule has 1 saturated heterocycles. The van der Waals surface area contributed by atoms with Crippen LogP contribution in [0.15, 0.2) is 42.5 Å². The maximum Gasteiger partial charge on any atom is 0.231 e. The highest BCUT2D eigenvalue weighted by Gasteiger charge is 2.38. The molecule has 0 aliphatic carbocycles. The normalized spacial score (nSPS) is 20.7. The highest BCUT2D eigenvalue weighted by molar-refractivity contribution is 6.00. The van der Waals surface area contributed by atoms with Crippen LogP contribution < -0.4 is 19.3 Å². The molecule has 0 N–H and O–H groups in total. The highest BCUT2D eigenvalue weighted by Crippen LogP contribution is 2.37. The van der Waals surface area contributed by atoms with Crippen LogP contribution in [-0.2, 0) is 16.1 Å². The summed E-state index contributed by atoms with van der Waals surface area (Å²) in [6.45, 7) is 2.59. The van der Waals surface area contributed by atoms with Crippen molar-refractivity contribution in [2.24, 2.45) is 5.92 Å². The predicted molar refractivity (Wildman–Crippen MR) is 108 cm³/mol. The van der Waals surface area contributed by atoms with E-state index in [4.69, 9.17) is 9.47 Å². The zero-order valence-electron chi connectivity index (χ0n) is 16.3. The van der Waals surface area contributed by atoms with Crippen LogP contribution in [0.4, 0.5) is 11.4 Å². The Morgan fingerprint density at radius 3 is 2.79 bits per heavy atom. The minimum absolute atomic E-state index is 0.0328. The summed E-state index contributed by atoms with van der Waals surface area (Å²) >= 11 is 0. The molecular weight excluding hydrogens is 370 g/mol. The van der Waals surface area contributed by atoms with Gasteiger partial charge in [0.25, 0.3) is 0 Å². The molecule has 1 fully saturated rings. The van der Waals surface area contributed by atoms with E-state index < -0.39 is 0 Å². The molecule has 1 atom stereocenters. The van der Waals surface area contributed by atoms with Gasteiger partial charge in [-0.05, 0) is 23.8 Å². The van der Waals surface area contributed by atoms with Gasteiger partial charge in [0, 0.05) is 57.1 Å². The van der Waals surface area contributed by atoms with Crippen LogP contribution in [0.1, 0.15) is 12.0 Å². The second kappa shape index (κ2) is 6.99. The fraction of sp³-hybridized carbons (Fsp3) is 0.364. The molecule has 5 rings (SSSR count). The van der Waals surface area contributed by atoms with Crippen molar-refractivity contribution in [1.82, 2.24) is 4.90 Å². The molecule has 3 aliphatic rings. The first kappa shape index (κ1) is 17.8. The third kappa shape index (κ3) is 3.16. The molecule has 0 radical (unpaired) electrons. The number of rotatable bonds is 2. The van der Waals surface area contributed by atoms with Crippen LogP contribution in [-0.4, -0.2) is 50.2 Å². The third-order valence-electron chi connectivity index (χ3n) is 5.92. The van der Waals surface area contributed by atoms with Gasteiger partial charge in [0.05, 0.1) is 5.92 Å². The van der Waals surface area contributed by atoms with E-state index >= 15 is 0 Å². The molecule has 0 spiro atoms. The first-order chi connectivity index (χ1) is 14.1. The van der Waals surface area contributed by atoms with Crippen molar-refractivity contribution < 1.29 is 19.1 Å². The largest absolute Gasteiger partial charge is 0.454 e. The molecule has 2 aromatic rings. The summed E-state index contributed by atoms with van der Waals surface area (Å²) in [6.07, 6.45) is 0.237. The number of para-hydroxylation sites is 1. The van der Waals surface area contributed by atoms with Gasteiger partial charge >= 0.3 is 0 Å². The van der Waals surface area contributed by atoms with Crippen LogP contribution in [0, 0.1) is 5.92 Å². The van der Waals surface area contributed by atoms with Gasteiger partial charge < -0.3 is 24.2 Å². The van der Waals surface area contributed by atoms with E-state index in [1.54, 1.807) is 4.90 Å². The SMILES string of the molecule is CN1CCN(C(=O)C2CC(=O)N(c3ccc4c(c3)OCO4)C2)Cc2ccccc21. The Morgan fingerprint density at radius 2 is 1.90 bits per heavy atom. The lowest BCUT2D eigenvalue weighted by molar-refractivity contribution is -0.136. The summed E-state index contributed by atoms with van der Waals surface area (Å²) < 4.78 is 10.8. The number of benzene rings is 2. The van der Waals surface area contributed by atoms with Crippen LogP contribution >= 0.6 is 0 Å². The molecule has 150 valence electrons. The maximum atomic E-state index is 13.3. The van der Waals surface area contributed by atoms with Crippen LogP contribution in [0.5, 0.6) is 11.5 Å². The number of hydrogen-bond acceptors (Lipinski definition) is 5. The van der Waals surface area contributed by atoms with Crippen molar-refractivity contribution in [3.8, 4) is 11.5 Å². The monoisotopic (exact) mass is 393 g/mol. The van der Waals surface area contributed by atoms with Crippen LogP contribution in [0.25, 0.3) is 0 Å². The highest BCUT2D eigenvalue weighted by atomic mass is 16.7. The molecule has 2 aromatic carbocycles. The number of hydrogen-bond donors (Lipinski definition) is 0. The van der Waals surface area contributed by atoms with Gasteiger partial charge in [-0.2, -0.15) is 0 Å². The molecule has 0 saturated carbocycles. The number of nitrogens with zero attached hydrogens (tertiary/aromatic N) is 3. The molecule has 0 bridgehead atoms. The molecule has 0 aromatic heterocycles. The molecule has 2 amide bonds. The second-order valence-corrected chi connectivity index (χ2v) is 7.75. The summed E-state index contributed by atoms with van der Waals surface area (Å²) in [6, 6.07) is 13.6. The number of carbonyl (C=O) groups excluding carboxylic acids is 2. The van der Waals surface area contributed by atoms with E-state index in [1.807, 2.05) is 42.3 Å². The summed E-state index contributed by atoms with van der Waals surface area (Å²) in [4.78, 5) is 31.7. The lowest BCUT2D eigenvalue weighted by atomic mass is 10.1. The van der Waals surface area contributed by atoms with E-state index in [0.29, 0.717) is 31.1 Å². The van der Waals surface area contributed by atoms with Gasteiger partial charge in [0.15, 0.2) is 11.5 Å². The van der Waals surface area contributed by atoms with Crippen molar-refractivity contribution >= 4 is 23.2 Å². The minimum atomic E-state index is -0.330. The van der Waals surface area contributed by atoms with Gasteiger partial charge in [-0.3, -0.25) is 9.59 Å². The average Bonchev–Trinajstić information content (AvgIpc) is 3.32. The van der Waals surface area contributed by atoms with E-state index in [9.17, 15) is 9.59 Å². The molecule has 7 heteroatoms. The lowest BCUT2D eigenvalue weighted by Crippen LogP contribution is -2.39. The van der Waals surface area contributed by atoms with Crippen molar-refractivity contribution in [3.63, 3.8) is 0 Å². The minimum Gasteiger partial charge on any atom is -0.454 e. The fourth-order valence-electron chi connectivity index (χ4n) is 4.31. The molecule has 29 heavy (non-hydrogen) atoms. The fourth-order valence-corrected chi connectivity index (χ4v) is 4.31. The van der Waals surface area contributed by atoms with Crippen molar-refractivity contribution in [1.29, 1.82) is 0 Å². The quantitative estimate of drug-likeness (QED) is 0.783. The molecule has 3 aliphatic heterocycles. The average molecular weight is 393 g/mol. The van der Waals surface area contributed by atoms with Crippen molar-refractivity contribution in [3.05, 3.63) is 48.0 Å². The van der Waals surface area contributed by atoms with Gasteiger partial charge in [0.1, 0.15) is 0 Å². The number of anilines is 2. The summed E-state index contributed by atoms with van der Waals surface area (Å²) in [5.41, 5.74) is 3.04.